The second-order valence-electron chi connectivity index (χ2n) is 6.39. The van der Waals surface area contributed by atoms with Crippen LogP contribution in [0.3, 0.4) is 0 Å². The number of rotatable bonds is 6. The number of para-hydroxylation sites is 1. The van der Waals surface area contributed by atoms with Gasteiger partial charge in [-0.25, -0.2) is 9.50 Å². The Balaban J connectivity index is 1.72. The fourth-order valence-electron chi connectivity index (χ4n) is 2.81. The molecule has 0 aliphatic carbocycles. The lowest BCUT2D eigenvalue weighted by Gasteiger charge is -2.17. The molecule has 2 aromatic heterocycles. The number of hydrogen-bond donors (Lipinski definition) is 2. The third kappa shape index (κ3) is 3.74. The zero-order valence-corrected chi connectivity index (χ0v) is 15.4. The van der Waals surface area contributed by atoms with Gasteiger partial charge in [0.15, 0.2) is 5.65 Å². The molecule has 1 aromatic carbocycles. The second-order valence-corrected chi connectivity index (χ2v) is 6.39. The van der Waals surface area contributed by atoms with Gasteiger partial charge in [-0.2, -0.15) is 5.10 Å². The van der Waals surface area contributed by atoms with Crippen molar-refractivity contribution in [3.63, 3.8) is 0 Å². The first kappa shape index (κ1) is 18.4. The molecular formula is C19H21N5O3. The number of aromatic nitrogens is 3. The number of amides is 2. The van der Waals surface area contributed by atoms with E-state index < -0.39 is 5.91 Å². The maximum Gasteiger partial charge on any atom is 0.270 e. The minimum atomic E-state index is -0.648. The molecule has 27 heavy (non-hydrogen) atoms. The van der Waals surface area contributed by atoms with Crippen LogP contribution < -0.4 is 15.8 Å². The van der Waals surface area contributed by atoms with E-state index in [1.807, 2.05) is 39.0 Å². The van der Waals surface area contributed by atoms with Gasteiger partial charge in [-0.3, -0.25) is 9.59 Å². The van der Waals surface area contributed by atoms with E-state index in [2.05, 4.69) is 15.4 Å². The Labute approximate surface area is 156 Å². The molecule has 3 aromatic rings. The van der Waals surface area contributed by atoms with Crippen molar-refractivity contribution in [2.24, 2.45) is 5.73 Å². The summed E-state index contributed by atoms with van der Waals surface area (Å²) in [4.78, 5) is 28.1. The number of primary amides is 1. The van der Waals surface area contributed by atoms with Crippen molar-refractivity contribution in [1.29, 1.82) is 0 Å². The van der Waals surface area contributed by atoms with Crippen molar-refractivity contribution in [2.75, 3.05) is 6.61 Å². The van der Waals surface area contributed by atoms with Crippen LogP contribution in [-0.4, -0.2) is 39.1 Å². The van der Waals surface area contributed by atoms with E-state index in [1.165, 1.54) is 23.0 Å². The fraction of sp³-hybridized carbons (Fsp3) is 0.263. The van der Waals surface area contributed by atoms with Gasteiger partial charge in [0.2, 0.25) is 0 Å². The molecule has 8 heteroatoms. The van der Waals surface area contributed by atoms with Crippen LogP contribution in [0.2, 0.25) is 0 Å². The zero-order valence-electron chi connectivity index (χ0n) is 15.4. The van der Waals surface area contributed by atoms with E-state index in [4.69, 9.17) is 10.5 Å². The molecule has 0 saturated heterocycles. The summed E-state index contributed by atoms with van der Waals surface area (Å²) in [6.07, 6.45) is 2.74. The quantitative estimate of drug-likeness (QED) is 0.688. The number of nitrogens with two attached hydrogens (primary N) is 1. The number of carbonyl (C=O) groups excluding carboxylic acids is 2. The summed E-state index contributed by atoms with van der Waals surface area (Å²) >= 11 is 0. The second kappa shape index (κ2) is 7.45. The highest BCUT2D eigenvalue weighted by atomic mass is 16.5. The summed E-state index contributed by atoms with van der Waals surface area (Å²) in [6.45, 7) is 6.12. The van der Waals surface area contributed by atoms with Crippen molar-refractivity contribution in [1.82, 2.24) is 19.9 Å². The van der Waals surface area contributed by atoms with Gasteiger partial charge in [0.25, 0.3) is 11.8 Å². The summed E-state index contributed by atoms with van der Waals surface area (Å²) in [5.74, 6) is -0.173. The molecule has 3 N–H and O–H groups in total. The summed E-state index contributed by atoms with van der Waals surface area (Å²) < 4.78 is 7.18. The minimum Gasteiger partial charge on any atom is -0.491 e. The van der Waals surface area contributed by atoms with Gasteiger partial charge in [0.1, 0.15) is 23.6 Å². The van der Waals surface area contributed by atoms with Crippen LogP contribution in [0, 0.1) is 13.8 Å². The molecule has 8 nitrogen and oxygen atoms in total. The average Bonchev–Trinajstić information content (AvgIpc) is 3.05. The molecule has 2 heterocycles. The van der Waals surface area contributed by atoms with E-state index in [1.54, 1.807) is 0 Å². The van der Waals surface area contributed by atoms with Gasteiger partial charge < -0.3 is 15.8 Å². The molecule has 1 atom stereocenters. The van der Waals surface area contributed by atoms with Gasteiger partial charge in [0.05, 0.1) is 12.2 Å². The number of ether oxygens (including phenoxy) is 1. The van der Waals surface area contributed by atoms with E-state index in [0.717, 1.165) is 16.9 Å². The first-order chi connectivity index (χ1) is 12.9. The standard InChI is InChI=1S/C19H21N5O3/c1-11-5-4-6-12(2)16(11)27-10-13(3)23-19(26)15-7-8-21-18-14(17(20)25)9-22-24(15)18/h4-9,13H,10H2,1-3H3,(H2,20,25)(H,23,26). The molecule has 140 valence electrons. The highest BCUT2D eigenvalue weighted by molar-refractivity contribution is 5.99. The van der Waals surface area contributed by atoms with Gasteiger partial charge in [-0.05, 0) is 38.0 Å². The van der Waals surface area contributed by atoms with E-state index in [-0.39, 0.29) is 28.9 Å². The number of nitrogens with one attached hydrogen (secondary N) is 1. The number of hydrogen-bond acceptors (Lipinski definition) is 5. The summed E-state index contributed by atoms with van der Waals surface area (Å²) in [5.41, 5.74) is 8.05. The Hall–Kier alpha value is -3.42. The van der Waals surface area contributed by atoms with Gasteiger partial charge in [-0.15, -0.1) is 0 Å². The van der Waals surface area contributed by atoms with Crippen LogP contribution in [0.4, 0.5) is 0 Å². The SMILES string of the molecule is Cc1cccc(C)c1OCC(C)NC(=O)c1ccnc2c(C(N)=O)cnn12. The predicted molar refractivity (Wildman–Crippen MR) is 99.8 cm³/mol. The van der Waals surface area contributed by atoms with Crippen molar-refractivity contribution in [3.8, 4) is 5.75 Å². The Morgan fingerprint density at radius 3 is 2.63 bits per heavy atom. The number of aryl methyl sites for hydroxylation is 2. The normalized spacial score (nSPS) is 12.0. The lowest BCUT2D eigenvalue weighted by molar-refractivity contribution is 0.0917. The highest BCUT2D eigenvalue weighted by Gasteiger charge is 2.18. The summed E-state index contributed by atoms with van der Waals surface area (Å²) in [6, 6.07) is 7.22. The predicted octanol–water partition coefficient (Wildman–Crippen LogP) is 1.64. The molecule has 3 rings (SSSR count). The van der Waals surface area contributed by atoms with Gasteiger partial charge in [0, 0.05) is 6.20 Å². The van der Waals surface area contributed by atoms with Crippen LogP contribution >= 0.6 is 0 Å². The monoisotopic (exact) mass is 367 g/mol. The fourth-order valence-corrected chi connectivity index (χ4v) is 2.81. The maximum atomic E-state index is 12.6. The molecule has 0 bridgehead atoms. The lowest BCUT2D eigenvalue weighted by atomic mass is 10.1. The van der Waals surface area contributed by atoms with Crippen LogP contribution in [0.1, 0.15) is 38.9 Å². The van der Waals surface area contributed by atoms with Gasteiger partial charge >= 0.3 is 0 Å². The molecule has 0 spiro atoms. The van der Waals surface area contributed by atoms with E-state index in [9.17, 15) is 9.59 Å². The third-order valence-corrected chi connectivity index (χ3v) is 4.16. The Kier molecular flexibility index (Phi) is 5.07. The van der Waals surface area contributed by atoms with Crippen molar-refractivity contribution < 1.29 is 14.3 Å². The first-order valence-electron chi connectivity index (χ1n) is 8.51. The van der Waals surface area contributed by atoms with Crippen molar-refractivity contribution in [3.05, 3.63) is 59.0 Å². The van der Waals surface area contributed by atoms with Crippen LogP contribution in [0.5, 0.6) is 5.75 Å². The van der Waals surface area contributed by atoms with Crippen LogP contribution in [0.15, 0.2) is 36.7 Å². The number of fused-ring (bicyclic) bond motifs is 1. The lowest BCUT2D eigenvalue weighted by Crippen LogP contribution is -2.37. The van der Waals surface area contributed by atoms with E-state index in [0.29, 0.717) is 6.61 Å². The minimum absolute atomic E-state index is 0.163. The van der Waals surface area contributed by atoms with Crippen molar-refractivity contribution >= 4 is 17.5 Å². The smallest absolute Gasteiger partial charge is 0.270 e. The summed E-state index contributed by atoms with van der Waals surface area (Å²) in [5, 5.41) is 6.91. The molecule has 0 radical (unpaired) electrons. The summed E-state index contributed by atoms with van der Waals surface area (Å²) in [7, 11) is 0. The molecule has 2 amide bonds. The largest absolute Gasteiger partial charge is 0.491 e. The highest BCUT2D eigenvalue weighted by Crippen LogP contribution is 2.22. The number of benzene rings is 1. The van der Waals surface area contributed by atoms with Crippen LogP contribution in [0.25, 0.3) is 5.65 Å². The van der Waals surface area contributed by atoms with Crippen molar-refractivity contribution in [2.45, 2.75) is 26.8 Å². The molecule has 0 aliphatic heterocycles. The van der Waals surface area contributed by atoms with Gasteiger partial charge in [-0.1, -0.05) is 18.2 Å². The number of carbonyl (C=O) groups is 2. The molecule has 1 unspecified atom stereocenters. The third-order valence-electron chi connectivity index (χ3n) is 4.16. The zero-order chi connectivity index (χ0) is 19.6. The molecular weight excluding hydrogens is 346 g/mol. The van der Waals surface area contributed by atoms with Crippen LogP contribution in [-0.2, 0) is 0 Å². The Morgan fingerprint density at radius 2 is 1.96 bits per heavy atom. The maximum absolute atomic E-state index is 12.6. The molecule has 0 saturated carbocycles. The molecule has 0 aliphatic rings. The number of nitrogens with zero attached hydrogens (tertiary/aromatic N) is 3. The topological polar surface area (TPSA) is 112 Å². The first-order valence-corrected chi connectivity index (χ1v) is 8.51. The molecule has 0 fully saturated rings. The Bertz CT molecular complexity index is 991. The van der Waals surface area contributed by atoms with E-state index >= 15 is 0 Å². The average molecular weight is 367 g/mol. The Morgan fingerprint density at radius 1 is 1.26 bits per heavy atom.